The van der Waals surface area contributed by atoms with Crippen molar-refractivity contribution < 1.29 is 14.4 Å². The maximum Gasteiger partial charge on any atom is 0.220 e. The first-order valence-electron chi connectivity index (χ1n) is 12.3. The van der Waals surface area contributed by atoms with Crippen molar-refractivity contribution in [3.05, 3.63) is 102 Å². The number of thioether (sulfide) groups is 1. The van der Waals surface area contributed by atoms with Crippen molar-refractivity contribution in [2.75, 3.05) is 13.2 Å². The Morgan fingerprint density at radius 3 is 2.54 bits per heavy atom. The first-order chi connectivity index (χ1) is 18.7. The maximum absolute atomic E-state index is 11.7. The molecule has 11 heteroatoms. The van der Waals surface area contributed by atoms with Crippen LogP contribution in [0.5, 0.6) is 11.5 Å². The van der Waals surface area contributed by atoms with Gasteiger partial charge in [-0.1, -0.05) is 47.6 Å². The molecule has 1 heterocycles. The smallest absolute Gasteiger partial charge is 0.220 e. The van der Waals surface area contributed by atoms with Gasteiger partial charge in [0.15, 0.2) is 16.7 Å². The van der Waals surface area contributed by atoms with Crippen LogP contribution in [0.4, 0.5) is 0 Å². The van der Waals surface area contributed by atoms with Crippen molar-refractivity contribution >= 4 is 39.3 Å². The fourth-order valence-electron chi connectivity index (χ4n) is 4.00. The molecule has 1 atom stereocenters. The second-order valence-electron chi connectivity index (χ2n) is 8.90. The Kier molecular flexibility index (Phi) is 9.53. The summed E-state index contributed by atoms with van der Waals surface area (Å²) >= 11 is 11.2. The second kappa shape index (κ2) is 12.8. The third-order valence-corrected chi connectivity index (χ3v) is 8.28. The molecule has 0 aliphatic rings. The molecule has 0 spiro atoms. The molecule has 0 radical (unpaired) electrons. The Morgan fingerprint density at radius 2 is 1.85 bits per heavy atom. The minimum Gasteiger partial charge on any atom is -0.490 e. The van der Waals surface area contributed by atoms with Crippen molar-refractivity contribution in [1.82, 2.24) is 14.8 Å². The summed E-state index contributed by atoms with van der Waals surface area (Å²) in [5.74, 6) is 1.68. The molecule has 4 rings (SSSR count). The molecule has 204 valence electrons. The highest BCUT2D eigenvalue weighted by atomic mass is 79.9. The van der Waals surface area contributed by atoms with Gasteiger partial charge in [0.1, 0.15) is 17.7 Å². The molecule has 0 N–H and O–H groups in total. The summed E-state index contributed by atoms with van der Waals surface area (Å²) in [6, 6.07) is 17.2. The lowest BCUT2D eigenvalue weighted by Crippen LogP contribution is -2.12. The van der Waals surface area contributed by atoms with E-state index >= 15 is 0 Å². The van der Waals surface area contributed by atoms with Crippen molar-refractivity contribution in [2.45, 2.75) is 44.7 Å². The van der Waals surface area contributed by atoms with Gasteiger partial charge in [0.2, 0.25) is 6.54 Å². The number of hydrogen-bond donors (Lipinski definition) is 0. The summed E-state index contributed by atoms with van der Waals surface area (Å²) in [7, 11) is 0. The topological polar surface area (TPSA) is 92.3 Å². The fourth-order valence-corrected chi connectivity index (χ4v) is 5.92. The van der Waals surface area contributed by atoms with Crippen LogP contribution in [0.2, 0.25) is 5.02 Å². The van der Waals surface area contributed by atoms with Crippen LogP contribution in [0, 0.1) is 30.9 Å². The van der Waals surface area contributed by atoms with Crippen LogP contribution in [-0.2, 0) is 6.61 Å². The van der Waals surface area contributed by atoms with E-state index in [2.05, 4.69) is 39.1 Å². The second-order valence-corrected chi connectivity index (χ2v) is 11.3. The molecule has 0 bridgehead atoms. The highest BCUT2D eigenvalue weighted by molar-refractivity contribution is 9.10. The zero-order chi connectivity index (χ0) is 28.1. The van der Waals surface area contributed by atoms with Gasteiger partial charge < -0.3 is 9.47 Å². The van der Waals surface area contributed by atoms with Crippen molar-refractivity contribution in [2.24, 2.45) is 0 Å². The monoisotopic (exact) mass is 630 g/mol. The largest absolute Gasteiger partial charge is 0.490 e. The molecule has 0 saturated heterocycles. The molecular formula is C28H28BrClN4O4S. The van der Waals surface area contributed by atoms with Gasteiger partial charge in [-0.3, -0.25) is 14.7 Å². The number of benzene rings is 3. The molecule has 39 heavy (non-hydrogen) atoms. The zero-order valence-corrected chi connectivity index (χ0v) is 25.1. The lowest BCUT2D eigenvalue weighted by molar-refractivity contribution is -0.479. The first-order valence-corrected chi connectivity index (χ1v) is 14.3. The number of nitrogens with zero attached hydrogens (tertiary/aromatic N) is 4. The number of rotatable bonds is 11. The molecule has 1 aromatic heterocycles. The van der Waals surface area contributed by atoms with Gasteiger partial charge in [0.25, 0.3) is 0 Å². The normalized spacial score (nSPS) is 11.8. The van der Waals surface area contributed by atoms with E-state index in [0.717, 1.165) is 16.8 Å². The van der Waals surface area contributed by atoms with E-state index in [4.69, 9.17) is 21.1 Å². The molecular weight excluding hydrogens is 604 g/mol. The van der Waals surface area contributed by atoms with E-state index in [-0.39, 0.29) is 18.1 Å². The molecule has 0 amide bonds. The predicted octanol–water partition coefficient (Wildman–Crippen LogP) is 7.70. The molecule has 8 nitrogen and oxygen atoms in total. The quantitative estimate of drug-likeness (QED) is 0.0952. The Hall–Kier alpha value is -3.08. The lowest BCUT2D eigenvalue weighted by atomic mass is 10.1. The van der Waals surface area contributed by atoms with E-state index in [1.54, 1.807) is 12.1 Å². The third-order valence-electron chi connectivity index (χ3n) is 6.14. The Morgan fingerprint density at radius 1 is 1.08 bits per heavy atom. The first kappa shape index (κ1) is 28.9. The number of nitro groups is 1. The van der Waals surface area contributed by atoms with Gasteiger partial charge in [-0.05, 0) is 90.6 Å². The summed E-state index contributed by atoms with van der Waals surface area (Å²) in [6.45, 7) is 8.15. The van der Waals surface area contributed by atoms with Crippen LogP contribution in [0.1, 0.15) is 40.3 Å². The van der Waals surface area contributed by atoms with Crippen molar-refractivity contribution in [3.8, 4) is 17.2 Å². The van der Waals surface area contributed by atoms with E-state index < -0.39 is 5.25 Å². The highest BCUT2D eigenvalue weighted by Gasteiger charge is 2.26. The predicted molar refractivity (Wildman–Crippen MR) is 157 cm³/mol. The van der Waals surface area contributed by atoms with Gasteiger partial charge in [-0.2, -0.15) is 0 Å². The third kappa shape index (κ3) is 6.93. The van der Waals surface area contributed by atoms with Crippen LogP contribution in [0.15, 0.2) is 64.2 Å². The van der Waals surface area contributed by atoms with Crippen molar-refractivity contribution in [1.29, 1.82) is 0 Å². The molecule has 0 aliphatic carbocycles. The summed E-state index contributed by atoms with van der Waals surface area (Å²) in [5, 5.41) is 21.0. The average Bonchev–Trinajstić information content (AvgIpc) is 3.25. The average molecular weight is 632 g/mol. The highest BCUT2D eigenvalue weighted by Crippen LogP contribution is 2.43. The van der Waals surface area contributed by atoms with E-state index in [1.165, 1.54) is 17.3 Å². The van der Waals surface area contributed by atoms with E-state index in [0.29, 0.717) is 44.1 Å². The molecule has 0 aliphatic heterocycles. The minimum absolute atomic E-state index is 0.239. The van der Waals surface area contributed by atoms with Gasteiger partial charge in [0.05, 0.1) is 11.1 Å². The van der Waals surface area contributed by atoms with Gasteiger partial charge in [0, 0.05) is 21.2 Å². The number of hydrogen-bond acceptors (Lipinski definition) is 7. The van der Waals surface area contributed by atoms with E-state index in [1.807, 2.05) is 61.7 Å². The van der Waals surface area contributed by atoms with Crippen LogP contribution >= 0.6 is 39.3 Å². The summed E-state index contributed by atoms with van der Waals surface area (Å²) in [4.78, 5) is 11.4. The number of aromatic nitrogens is 3. The van der Waals surface area contributed by atoms with Gasteiger partial charge >= 0.3 is 0 Å². The molecule has 0 unspecified atom stereocenters. The number of ether oxygens (including phenoxy) is 2. The Bertz CT molecular complexity index is 1500. The molecule has 3 aromatic carbocycles. The standard InChI is InChI=1S/C28H28BrClN4O4S/c1-5-37-25-14-21(13-23(29)27(25)38-16-20-8-6-7-9-24(20)30)26(15-33(35)36)39-28-32-31-19(4)34(28)22-11-10-17(2)18(3)12-22/h6-14,26H,5,15-16H2,1-4H3/t26-/m0/s1. The number of halogens is 2. The summed E-state index contributed by atoms with van der Waals surface area (Å²) in [6.07, 6.45) is 0. The molecule has 0 saturated carbocycles. The molecule has 0 fully saturated rings. The van der Waals surface area contributed by atoms with Crippen LogP contribution in [-0.4, -0.2) is 32.8 Å². The Labute approximate surface area is 245 Å². The van der Waals surface area contributed by atoms with Crippen molar-refractivity contribution in [3.63, 3.8) is 0 Å². The van der Waals surface area contributed by atoms with Crippen LogP contribution in [0.25, 0.3) is 5.69 Å². The molecule has 4 aromatic rings. The van der Waals surface area contributed by atoms with Gasteiger partial charge in [-0.15, -0.1) is 10.2 Å². The zero-order valence-electron chi connectivity index (χ0n) is 22.0. The summed E-state index contributed by atoms with van der Waals surface area (Å²) in [5.41, 5.74) is 4.75. The lowest BCUT2D eigenvalue weighted by Gasteiger charge is -2.19. The SMILES string of the molecule is CCOc1cc([C@H](C[N+](=O)[O-])Sc2nnc(C)n2-c2ccc(C)c(C)c2)cc(Br)c1OCc1ccccc1Cl. The van der Waals surface area contributed by atoms with Crippen LogP contribution in [0.3, 0.4) is 0 Å². The van der Waals surface area contributed by atoms with Crippen LogP contribution < -0.4 is 9.47 Å². The maximum atomic E-state index is 11.7. The fraction of sp³-hybridized carbons (Fsp3) is 0.286. The minimum atomic E-state index is -0.568. The summed E-state index contributed by atoms with van der Waals surface area (Å²) < 4.78 is 14.5. The van der Waals surface area contributed by atoms with E-state index in [9.17, 15) is 10.1 Å². The van der Waals surface area contributed by atoms with Gasteiger partial charge in [-0.25, -0.2) is 0 Å². The Balaban J connectivity index is 1.69. The number of aryl methyl sites for hydroxylation is 3.